The van der Waals surface area contributed by atoms with Crippen LogP contribution < -0.4 is 10.0 Å². The lowest BCUT2D eigenvalue weighted by Crippen LogP contribution is -2.15. The summed E-state index contributed by atoms with van der Waals surface area (Å²) in [5, 5.41) is 9.98. The number of hydrogen-bond acceptors (Lipinski definition) is 5. The van der Waals surface area contributed by atoms with Crippen molar-refractivity contribution in [2.45, 2.75) is 44.9 Å². The van der Waals surface area contributed by atoms with Crippen LogP contribution >= 0.6 is 0 Å². The molecule has 1 aromatic carbocycles. The molecule has 148 valence electrons. The summed E-state index contributed by atoms with van der Waals surface area (Å²) in [5.41, 5.74) is 3.85. The highest BCUT2D eigenvalue weighted by atomic mass is 32.2. The first-order valence-electron chi connectivity index (χ1n) is 8.95. The first-order chi connectivity index (χ1) is 13.1. The van der Waals surface area contributed by atoms with Gasteiger partial charge in [0, 0.05) is 5.69 Å². The number of H-pyrrole nitrogens is 1. The maximum Gasteiger partial charge on any atom is 0.266 e. The first kappa shape index (κ1) is 19.9. The van der Waals surface area contributed by atoms with Gasteiger partial charge in [-0.2, -0.15) is 5.10 Å². The number of sulfonamides is 1. The number of aromatic nitrogens is 3. The third-order valence-electron chi connectivity index (χ3n) is 4.35. The van der Waals surface area contributed by atoms with Gasteiger partial charge in [-0.1, -0.05) is 39.0 Å². The maximum atomic E-state index is 12.6. The van der Waals surface area contributed by atoms with Gasteiger partial charge in [0.1, 0.15) is 10.7 Å². The standard InChI is InChI=1S/C20H25N5O2S/c1-13-19(14(2)24-23-13)28(26,27)25-18-11-10-15(12-21-18)22-17-9-7-6-8-16(17)20(3,4)5/h6-12,22H,1-5H3,(H,21,25)(H,23,24). The molecule has 7 nitrogen and oxygen atoms in total. The monoisotopic (exact) mass is 399 g/mol. The van der Waals surface area contributed by atoms with Crippen molar-refractivity contribution in [1.29, 1.82) is 0 Å². The molecule has 0 saturated carbocycles. The summed E-state index contributed by atoms with van der Waals surface area (Å²) in [7, 11) is -3.76. The van der Waals surface area contributed by atoms with Crippen LogP contribution in [0.5, 0.6) is 0 Å². The van der Waals surface area contributed by atoms with Gasteiger partial charge >= 0.3 is 0 Å². The second kappa shape index (κ2) is 7.27. The Balaban J connectivity index is 1.80. The molecule has 0 fully saturated rings. The van der Waals surface area contributed by atoms with Crippen molar-refractivity contribution in [1.82, 2.24) is 15.2 Å². The number of rotatable bonds is 5. The number of aryl methyl sites for hydroxylation is 2. The SMILES string of the molecule is Cc1n[nH]c(C)c1S(=O)(=O)Nc1ccc(Nc2ccccc2C(C)(C)C)cn1. The summed E-state index contributed by atoms with van der Waals surface area (Å²) in [6.07, 6.45) is 1.60. The fraction of sp³-hybridized carbons (Fsp3) is 0.300. The van der Waals surface area contributed by atoms with E-state index in [2.05, 4.69) is 52.1 Å². The number of nitrogens with one attached hydrogen (secondary N) is 3. The molecule has 0 aliphatic carbocycles. The summed E-state index contributed by atoms with van der Waals surface area (Å²) in [4.78, 5) is 4.39. The van der Waals surface area contributed by atoms with E-state index in [4.69, 9.17) is 0 Å². The smallest absolute Gasteiger partial charge is 0.266 e. The zero-order valence-electron chi connectivity index (χ0n) is 16.7. The highest BCUT2D eigenvalue weighted by molar-refractivity contribution is 7.92. The molecule has 0 atom stereocenters. The van der Waals surface area contributed by atoms with Crippen LogP contribution in [-0.4, -0.2) is 23.6 Å². The average Bonchev–Trinajstić information content (AvgIpc) is 2.95. The van der Waals surface area contributed by atoms with Crippen molar-refractivity contribution in [2.75, 3.05) is 10.0 Å². The van der Waals surface area contributed by atoms with E-state index in [-0.39, 0.29) is 16.1 Å². The quantitative estimate of drug-likeness (QED) is 0.595. The summed E-state index contributed by atoms with van der Waals surface area (Å²) >= 11 is 0. The van der Waals surface area contributed by atoms with E-state index in [1.807, 2.05) is 18.2 Å². The topological polar surface area (TPSA) is 99.8 Å². The zero-order valence-corrected chi connectivity index (χ0v) is 17.5. The van der Waals surface area contributed by atoms with Gasteiger partial charge in [0.15, 0.2) is 0 Å². The second-order valence-electron chi connectivity index (χ2n) is 7.72. The van der Waals surface area contributed by atoms with Crippen molar-refractivity contribution >= 4 is 27.2 Å². The van der Waals surface area contributed by atoms with E-state index in [1.54, 1.807) is 32.2 Å². The van der Waals surface area contributed by atoms with E-state index in [9.17, 15) is 8.42 Å². The molecule has 28 heavy (non-hydrogen) atoms. The molecule has 0 bridgehead atoms. The third-order valence-corrected chi connectivity index (χ3v) is 5.96. The number of para-hydroxylation sites is 1. The molecule has 2 aromatic heterocycles. The minimum atomic E-state index is -3.76. The van der Waals surface area contributed by atoms with Crippen LogP contribution in [0.15, 0.2) is 47.5 Å². The van der Waals surface area contributed by atoms with Gasteiger partial charge in [-0.15, -0.1) is 0 Å². The van der Waals surface area contributed by atoms with Gasteiger partial charge in [0.25, 0.3) is 10.0 Å². The van der Waals surface area contributed by atoms with E-state index in [1.165, 1.54) is 5.56 Å². The van der Waals surface area contributed by atoms with Gasteiger partial charge in [-0.05, 0) is 43.0 Å². The van der Waals surface area contributed by atoms with Crippen LogP contribution in [0, 0.1) is 13.8 Å². The van der Waals surface area contributed by atoms with E-state index >= 15 is 0 Å². The third kappa shape index (κ3) is 4.17. The van der Waals surface area contributed by atoms with Gasteiger partial charge < -0.3 is 5.32 Å². The summed E-state index contributed by atoms with van der Waals surface area (Å²) < 4.78 is 27.7. The predicted octanol–water partition coefficient (Wildman–Crippen LogP) is 4.26. The molecule has 0 aliphatic heterocycles. The minimum absolute atomic E-state index is 0.00703. The van der Waals surface area contributed by atoms with Crippen LogP contribution in [0.2, 0.25) is 0 Å². The van der Waals surface area contributed by atoms with Crippen molar-refractivity contribution in [3.05, 3.63) is 59.5 Å². The Morgan fingerprint density at radius 2 is 1.75 bits per heavy atom. The molecule has 0 unspecified atom stereocenters. The first-order valence-corrected chi connectivity index (χ1v) is 10.4. The van der Waals surface area contributed by atoms with Crippen molar-refractivity contribution in [3.63, 3.8) is 0 Å². The van der Waals surface area contributed by atoms with Crippen molar-refractivity contribution in [2.24, 2.45) is 0 Å². The molecule has 2 heterocycles. The number of benzene rings is 1. The van der Waals surface area contributed by atoms with Crippen LogP contribution in [0.25, 0.3) is 0 Å². The summed E-state index contributed by atoms with van der Waals surface area (Å²) in [5.74, 6) is 0.245. The van der Waals surface area contributed by atoms with Crippen LogP contribution in [0.4, 0.5) is 17.2 Å². The predicted molar refractivity (Wildman–Crippen MR) is 112 cm³/mol. The molecule has 8 heteroatoms. The normalized spacial score (nSPS) is 12.0. The average molecular weight is 400 g/mol. The Bertz CT molecular complexity index is 1060. The minimum Gasteiger partial charge on any atom is -0.354 e. The lowest BCUT2D eigenvalue weighted by atomic mass is 9.86. The highest BCUT2D eigenvalue weighted by Crippen LogP contribution is 2.31. The number of nitrogens with zero attached hydrogens (tertiary/aromatic N) is 2. The Morgan fingerprint density at radius 1 is 1.04 bits per heavy atom. The number of pyridine rings is 1. The van der Waals surface area contributed by atoms with Gasteiger partial charge in [0.2, 0.25) is 0 Å². The molecule has 3 aromatic rings. The highest BCUT2D eigenvalue weighted by Gasteiger charge is 2.23. The van der Waals surface area contributed by atoms with E-state index < -0.39 is 10.0 Å². The van der Waals surface area contributed by atoms with Crippen LogP contribution in [0.1, 0.15) is 37.7 Å². The fourth-order valence-electron chi connectivity index (χ4n) is 3.06. The lowest BCUT2D eigenvalue weighted by Gasteiger charge is -2.23. The van der Waals surface area contributed by atoms with Gasteiger partial charge in [-0.25, -0.2) is 13.4 Å². The molecule has 0 spiro atoms. The Hall–Kier alpha value is -2.87. The van der Waals surface area contributed by atoms with E-state index in [0.29, 0.717) is 11.4 Å². The van der Waals surface area contributed by atoms with Crippen molar-refractivity contribution < 1.29 is 8.42 Å². The molecule has 3 rings (SSSR count). The Kier molecular flexibility index (Phi) is 5.16. The van der Waals surface area contributed by atoms with Gasteiger partial charge in [0.05, 0.1) is 23.3 Å². The number of hydrogen-bond donors (Lipinski definition) is 3. The molecular formula is C20H25N5O2S. The molecule has 3 N–H and O–H groups in total. The largest absolute Gasteiger partial charge is 0.354 e. The number of anilines is 3. The lowest BCUT2D eigenvalue weighted by molar-refractivity contribution is 0.592. The Labute approximate surface area is 165 Å². The summed E-state index contributed by atoms with van der Waals surface area (Å²) in [6.45, 7) is 9.78. The molecule has 0 aliphatic rings. The fourth-order valence-corrected chi connectivity index (χ4v) is 4.44. The van der Waals surface area contributed by atoms with Gasteiger partial charge in [-0.3, -0.25) is 9.82 Å². The maximum absolute atomic E-state index is 12.6. The molecular weight excluding hydrogens is 374 g/mol. The number of aromatic amines is 1. The van der Waals surface area contributed by atoms with Crippen LogP contribution in [0.3, 0.4) is 0 Å². The van der Waals surface area contributed by atoms with Crippen molar-refractivity contribution in [3.8, 4) is 0 Å². The Morgan fingerprint density at radius 3 is 2.32 bits per heavy atom. The molecule has 0 saturated heterocycles. The second-order valence-corrected chi connectivity index (χ2v) is 9.34. The van der Waals surface area contributed by atoms with Crippen LogP contribution in [-0.2, 0) is 15.4 Å². The summed E-state index contributed by atoms with van der Waals surface area (Å²) in [6, 6.07) is 11.5. The molecule has 0 amide bonds. The molecule has 0 radical (unpaired) electrons. The van der Waals surface area contributed by atoms with E-state index in [0.717, 1.165) is 11.4 Å². The zero-order chi connectivity index (χ0) is 20.5.